The molecule has 3 aromatic rings. The number of anilines is 1. The van der Waals surface area contributed by atoms with Crippen LogP contribution in [-0.2, 0) is 5.75 Å². The van der Waals surface area contributed by atoms with Crippen LogP contribution in [0, 0.1) is 6.92 Å². The fourth-order valence-corrected chi connectivity index (χ4v) is 2.82. The third-order valence-corrected chi connectivity index (χ3v) is 3.97. The molecule has 20 heavy (non-hydrogen) atoms. The van der Waals surface area contributed by atoms with E-state index in [0.29, 0.717) is 17.2 Å². The van der Waals surface area contributed by atoms with Crippen molar-refractivity contribution in [3.05, 3.63) is 52.2 Å². The van der Waals surface area contributed by atoms with Crippen molar-refractivity contribution in [2.75, 3.05) is 5.73 Å². The number of thioether (sulfide) groups is 1. The van der Waals surface area contributed by atoms with Crippen LogP contribution < -0.4 is 11.3 Å². The summed E-state index contributed by atoms with van der Waals surface area (Å²) < 4.78 is 1.30. The smallest absolute Gasteiger partial charge is 0.274 e. The molecule has 0 atom stereocenters. The molecule has 3 N–H and O–H groups in total. The third kappa shape index (κ3) is 2.39. The van der Waals surface area contributed by atoms with Gasteiger partial charge in [0.1, 0.15) is 6.33 Å². The molecule has 102 valence electrons. The quantitative estimate of drug-likeness (QED) is 0.564. The van der Waals surface area contributed by atoms with Crippen molar-refractivity contribution in [3.63, 3.8) is 0 Å². The number of fused-ring (bicyclic) bond motifs is 1. The van der Waals surface area contributed by atoms with Crippen molar-refractivity contribution < 1.29 is 0 Å². The van der Waals surface area contributed by atoms with Gasteiger partial charge in [-0.1, -0.05) is 6.07 Å². The van der Waals surface area contributed by atoms with Gasteiger partial charge in [0.05, 0.1) is 5.69 Å². The molecule has 0 aliphatic carbocycles. The summed E-state index contributed by atoms with van der Waals surface area (Å²) in [5, 5.41) is 2.71. The van der Waals surface area contributed by atoms with Crippen LogP contribution in [-0.4, -0.2) is 19.6 Å². The Morgan fingerprint density at radius 3 is 3.10 bits per heavy atom. The number of aromatic nitrogens is 4. The summed E-state index contributed by atoms with van der Waals surface area (Å²) in [7, 11) is 0. The average Bonchev–Trinajstić information content (AvgIpc) is 2.89. The molecule has 1 aromatic carbocycles. The topological polar surface area (TPSA) is 89.1 Å². The molecule has 0 aliphatic heterocycles. The molecule has 0 saturated heterocycles. The van der Waals surface area contributed by atoms with Gasteiger partial charge in [0.2, 0.25) is 0 Å². The monoisotopic (exact) mass is 287 g/mol. The summed E-state index contributed by atoms with van der Waals surface area (Å²) in [6.07, 6.45) is 1.44. The highest BCUT2D eigenvalue weighted by atomic mass is 32.2. The minimum Gasteiger partial charge on any atom is -0.398 e. The van der Waals surface area contributed by atoms with Crippen molar-refractivity contribution in [2.24, 2.45) is 0 Å². The number of aromatic amines is 1. The maximum absolute atomic E-state index is 11.8. The normalized spacial score (nSPS) is 11.1. The molecular weight excluding hydrogens is 274 g/mol. The van der Waals surface area contributed by atoms with Crippen LogP contribution in [0.15, 0.2) is 40.3 Å². The zero-order valence-electron chi connectivity index (χ0n) is 10.8. The highest BCUT2D eigenvalue weighted by molar-refractivity contribution is 7.98. The Kier molecular flexibility index (Phi) is 3.19. The van der Waals surface area contributed by atoms with Crippen LogP contribution in [0.1, 0.15) is 11.3 Å². The SMILES string of the molecule is Cc1ccc(N)c(SCc2cc(=O)n3[nH]cnc3n2)c1. The molecule has 2 heterocycles. The molecule has 0 radical (unpaired) electrons. The summed E-state index contributed by atoms with van der Waals surface area (Å²) in [5.41, 5.74) is 8.34. The number of aryl methyl sites for hydroxylation is 1. The first kappa shape index (κ1) is 12.7. The Balaban J connectivity index is 1.86. The van der Waals surface area contributed by atoms with Crippen molar-refractivity contribution in [1.29, 1.82) is 0 Å². The average molecular weight is 287 g/mol. The summed E-state index contributed by atoms with van der Waals surface area (Å²) in [5.74, 6) is 0.956. The van der Waals surface area contributed by atoms with Gasteiger partial charge < -0.3 is 5.73 Å². The lowest BCUT2D eigenvalue weighted by molar-refractivity contribution is 0.887. The molecule has 0 aliphatic rings. The predicted octanol–water partition coefficient (Wildman–Crippen LogP) is 1.60. The number of H-pyrrole nitrogens is 1. The highest BCUT2D eigenvalue weighted by Crippen LogP contribution is 2.28. The Bertz CT molecular complexity index is 823. The molecule has 0 spiro atoms. The van der Waals surface area contributed by atoms with E-state index in [1.54, 1.807) is 11.8 Å². The van der Waals surface area contributed by atoms with Gasteiger partial charge in [0.15, 0.2) is 0 Å². The van der Waals surface area contributed by atoms with Crippen molar-refractivity contribution in [1.82, 2.24) is 19.6 Å². The molecular formula is C13H13N5OS. The summed E-state index contributed by atoms with van der Waals surface area (Å²) in [6.45, 7) is 2.02. The van der Waals surface area contributed by atoms with E-state index in [-0.39, 0.29) is 5.56 Å². The third-order valence-electron chi connectivity index (χ3n) is 2.87. The fourth-order valence-electron chi connectivity index (χ4n) is 1.86. The summed E-state index contributed by atoms with van der Waals surface area (Å²) in [6, 6.07) is 7.39. The molecule has 0 bridgehead atoms. The Hall–Kier alpha value is -2.28. The van der Waals surface area contributed by atoms with Crippen molar-refractivity contribution >= 4 is 23.2 Å². The van der Waals surface area contributed by atoms with Crippen LogP contribution in [0.3, 0.4) is 0 Å². The van der Waals surface area contributed by atoms with E-state index in [0.717, 1.165) is 16.1 Å². The van der Waals surface area contributed by atoms with Crippen LogP contribution in [0.4, 0.5) is 5.69 Å². The minimum atomic E-state index is -0.166. The van der Waals surface area contributed by atoms with Gasteiger partial charge in [-0.05, 0) is 24.6 Å². The maximum Gasteiger partial charge on any atom is 0.274 e. The van der Waals surface area contributed by atoms with E-state index in [1.165, 1.54) is 16.9 Å². The second-order valence-electron chi connectivity index (χ2n) is 4.44. The fraction of sp³-hybridized carbons (Fsp3) is 0.154. The summed E-state index contributed by atoms with van der Waals surface area (Å²) >= 11 is 1.56. The lowest BCUT2D eigenvalue weighted by Gasteiger charge is -2.06. The van der Waals surface area contributed by atoms with E-state index < -0.39 is 0 Å². The molecule has 0 unspecified atom stereocenters. The standard InChI is InChI=1S/C13H13N5OS/c1-8-2-3-10(14)11(4-8)20-6-9-5-12(19)18-13(17-9)15-7-16-18/h2-5,7H,6,14H2,1H3,(H,15,16,17). The first-order valence-corrected chi connectivity index (χ1v) is 7.03. The number of nitrogens with zero attached hydrogens (tertiary/aromatic N) is 3. The largest absolute Gasteiger partial charge is 0.398 e. The van der Waals surface area contributed by atoms with Crippen molar-refractivity contribution in [2.45, 2.75) is 17.6 Å². The van der Waals surface area contributed by atoms with Crippen LogP contribution in [0.5, 0.6) is 0 Å². The highest BCUT2D eigenvalue weighted by Gasteiger charge is 2.06. The zero-order chi connectivity index (χ0) is 14.1. The molecule has 0 amide bonds. The van der Waals surface area contributed by atoms with Gasteiger partial charge in [-0.3, -0.25) is 9.89 Å². The molecule has 6 nitrogen and oxygen atoms in total. The Morgan fingerprint density at radius 2 is 2.25 bits per heavy atom. The van der Waals surface area contributed by atoms with Gasteiger partial charge in [0, 0.05) is 22.4 Å². The molecule has 0 fully saturated rings. The zero-order valence-corrected chi connectivity index (χ0v) is 11.6. The number of rotatable bonds is 3. The first-order valence-electron chi connectivity index (χ1n) is 6.04. The first-order chi connectivity index (χ1) is 9.63. The number of nitrogens with two attached hydrogens (primary N) is 1. The number of nitrogens with one attached hydrogen (secondary N) is 1. The Labute approximate surface area is 119 Å². The van der Waals surface area contributed by atoms with Crippen LogP contribution in [0.25, 0.3) is 5.78 Å². The maximum atomic E-state index is 11.8. The van der Waals surface area contributed by atoms with E-state index >= 15 is 0 Å². The van der Waals surface area contributed by atoms with Crippen LogP contribution >= 0.6 is 11.8 Å². The molecule has 0 saturated carbocycles. The number of hydrogen-bond donors (Lipinski definition) is 2. The lowest BCUT2D eigenvalue weighted by atomic mass is 10.2. The van der Waals surface area contributed by atoms with E-state index in [4.69, 9.17) is 5.73 Å². The number of hydrogen-bond acceptors (Lipinski definition) is 5. The molecule has 3 rings (SSSR count). The predicted molar refractivity (Wildman–Crippen MR) is 78.8 cm³/mol. The minimum absolute atomic E-state index is 0.166. The van der Waals surface area contributed by atoms with Gasteiger partial charge in [-0.15, -0.1) is 11.8 Å². The van der Waals surface area contributed by atoms with Crippen LogP contribution in [0.2, 0.25) is 0 Å². The van der Waals surface area contributed by atoms with Crippen molar-refractivity contribution in [3.8, 4) is 0 Å². The van der Waals surface area contributed by atoms with Gasteiger partial charge in [-0.25, -0.2) is 9.97 Å². The van der Waals surface area contributed by atoms with E-state index in [1.807, 2.05) is 25.1 Å². The lowest BCUT2D eigenvalue weighted by Crippen LogP contribution is -2.15. The van der Waals surface area contributed by atoms with Gasteiger partial charge in [0.25, 0.3) is 11.3 Å². The Morgan fingerprint density at radius 1 is 1.40 bits per heavy atom. The summed E-state index contributed by atoms with van der Waals surface area (Å²) in [4.78, 5) is 21.1. The van der Waals surface area contributed by atoms with Gasteiger partial charge in [-0.2, -0.15) is 4.52 Å². The second-order valence-corrected chi connectivity index (χ2v) is 5.46. The second kappa shape index (κ2) is 5.01. The van der Waals surface area contributed by atoms with E-state index in [9.17, 15) is 4.79 Å². The molecule has 7 heteroatoms. The molecule has 2 aromatic heterocycles. The number of benzene rings is 1. The van der Waals surface area contributed by atoms with Gasteiger partial charge >= 0.3 is 0 Å². The number of nitrogen functional groups attached to an aromatic ring is 1. The van der Waals surface area contributed by atoms with E-state index in [2.05, 4.69) is 15.1 Å².